The summed E-state index contributed by atoms with van der Waals surface area (Å²) in [6.45, 7) is 13.9. The van der Waals surface area contributed by atoms with Gasteiger partial charge in [0.1, 0.15) is 0 Å². The molecule has 0 aromatic rings. The minimum atomic E-state index is 0.619. The van der Waals surface area contributed by atoms with Crippen molar-refractivity contribution in [2.24, 2.45) is 5.92 Å². The molecule has 0 radical (unpaired) electrons. The van der Waals surface area contributed by atoms with E-state index >= 15 is 0 Å². The Morgan fingerprint density at radius 2 is 1.85 bits per heavy atom. The molecule has 13 heavy (non-hydrogen) atoms. The molecule has 0 fully saturated rings. The van der Waals surface area contributed by atoms with E-state index < -0.39 is 0 Å². The van der Waals surface area contributed by atoms with Gasteiger partial charge in [-0.2, -0.15) is 0 Å². The Morgan fingerprint density at radius 1 is 1.23 bits per heavy atom. The molecule has 1 atom stereocenters. The van der Waals surface area contributed by atoms with Gasteiger partial charge in [0.05, 0.1) is 0 Å². The van der Waals surface area contributed by atoms with E-state index in [9.17, 15) is 0 Å². The van der Waals surface area contributed by atoms with Crippen molar-refractivity contribution in [3.63, 3.8) is 0 Å². The molecular weight excluding hydrogens is 158 g/mol. The van der Waals surface area contributed by atoms with Crippen molar-refractivity contribution in [2.45, 2.75) is 53.0 Å². The van der Waals surface area contributed by atoms with E-state index in [2.05, 4.69) is 39.6 Å². The third-order valence-electron chi connectivity index (χ3n) is 2.25. The molecule has 1 unspecified atom stereocenters. The van der Waals surface area contributed by atoms with E-state index in [0.29, 0.717) is 6.04 Å². The Bertz CT molecular complexity index is 138. The molecule has 1 heteroatoms. The minimum absolute atomic E-state index is 0.619. The third-order valence-corrected chi connectivity index (χ3v) is 2.25. The summed E-state index contributed by atoms with van der Waals surface area (Å²) < 4.78 is 0. The molecule has 0 saturated carbocycles. The number of rotatable bonds is 7. The Kier molecular flexibility index (Phi) is 6.97. The topological polar surface area (TPSA) is 12.0 Å². The Morgan fingerprint density at radius 3 is 2.31 bits per heavy atom. The summed E-state index contributed by atoms with van der Waals surface area (Å²) in [5, 5.41) is 3.44. The van der Waals surface area contributed by atoms with Gasteiger partial charge in [-0.05, 0) is 38.6 Å². The Hall–Kier alpha value is -0.300. The van der Waals surface area contributed by atoms with Crippen molar-refractivity contribution in [3.05, 3.63) is 12.2 Å². The van der Waals surface area contributed by atoms with Gasteiger partial charge in [0.15, 0.2) is 0 Å². The molecule has 0 rings (SSSR count). The average molecular weight is 183 g/mol. The summed E-state index contributed by atoms with van der Waals surface area (Å²) in [6, 6.07) is 0.619. The maximum atomic E-state index is 3.92. The highest BCUT2D eigenvalue weighted by atomic mass is 14.9. The van der Waals surface area contributed by atoms with Crippen molar-refractivity contribution in [2.75, 3.05) is 6.54 Å². The van der Waals surface area contributed by atoms with Gasteiger partial charge in [-0.25, -0.2) is 0 Å². The van der Waals surface area contributed by atoms with Crippen LogP contribution in [0.1, 0.15) is 47.0 Å². The fraction of sp³-hybridized carbons (Fsp3) is 0.833. The Balaban J connectivity index is 3.30. The van der Waals surface area contributed by atoms with E-state index in [1.165, 1.54) is 24.8 Å². The van der Waals surface area contributed by atoms with Crippen LogP contribution in [-0.2, 0) is 0 Å². The van der Waals surface area contributed by atoms with Gasteiger partial charge in [0, 0.05) is 6.04 Å². The standard InChI is InChI=1S/C12H25N/c1-10(2)6-7-12(5)8-9-13-11(3)4/h11-13H,1,6-9H2,2-5H3. The molecule has 0 aliphatic carbocycles. The van der Waals surface area contributed by atoms with Crippen molar-refractivity contribution in [1.29, 1.82) is 0 Å². The molecule has 0 amide bonds. The third kappa shape index (κ3) is 9.62. The van der Waals surface area contributed by atoms with E-state index in [1.807, 2.05) is 0 Å². The van der Waals surface area contributed by atoms with E-state index in [1.54, 1.807) is 0 Å². The van der Waals surface area contributed by atoms with Crippen molar-refractivity contribution in [3.8, 4) is 0 Å². The van der Waals surface area contributed by atoms with Gasteiger partial charge in [0.2, 0.25) is 0 Å². The van der Waals surface area contributed by atoms with Crippen LogP contribution >= 0.6 is 0 Å². The molecule has 0 heterocycles. The molecule has 0 aromatic carbocycles. The normalized spacial score (nSPS) is 13.3. The number of allylic oxidation sites excluding steroid dienone is 1. The number of nitrogens with one attached hydrogen (secondary N) is 1. The van der Waals surface area contributed by atoms with Crippen LogP contribution in [0, 0.1) is 5.92 Å². The highest BCUT2D eigenvalue weighted by Gasteiger charge is 2.02. The zero-order chi connectivity index (χ0) is 10.3. The highest BCUT2D eigenvalue weighted by molar-refractivity contribution is 4.87. The van der Waals surface area contributed by atoms with E-state index in [0.717, 1.165) is 12.5 Å². The maximum Gasteiger partial charge on any atom is 0.00103 e. The number of hydrogen-bond donors (Lipinski definition) is 1. The largest absolute Gasteiger partial charge is 0.315 e. The van der Waals surface area contributed by atoms with Crippen molar-refractivity contribution in [1.82, 2.24) is 5.32 Å². The first-order valence-corrected chi connectivity index (χ1v) is 5.40. The minimum Gasteiger partial charge on any atom is -0.315 e. The molecule has 0 aromatic heterocycles. The van der Waals surface area contributed by atoms with Gasteiger partial charge in [-0.15, -0.1) is 6.58 Å². The van der Waals surface area contributed by atoms with Gasteiger partial charge in [-0.3, -0.25) is 0 Å². The lowest BCUT2D eigenvalue weighted by atomic mass is 9.99. The first-order chi connectivity index (χ1) is 6.02. The first-order valence-electron chi connectivity index (χ1n) is 5.40. The summed E-state index contributed by atoms with van der Waals surface area (Å²) in [5.41, 5.74) is 1.31. The van der Waals surface area contributed by atoms with Crippen LogP contribution in [0.2, 0.25) is 0 Å². The zero-order valence-corrected chi connectivity index (χ0v) is 9.69. The molecule has 1 nitrogen and oxygen atoms in total. The zero-order valence-electron chi connectivity index (χ0n) is 9.69. The van der Waals surface area contributed by atoms with Crippen molar-refractivity contribution >= 4 is 0 Å². The van der Waals surface area contributed by atoms with E-state index in [-0.39, 0.29) is 0 Å². The number of hydrogen-bond acceptors (Lipinski definition) is 1. The highest BCUT2D eigenvalue weighted by Crippen LogP contribution is 2.12. The molecule has 78 valence electrons. The Labute approximate surface area is 83.6 Å². The molecule has 0 aliphatic rings. The lowest BCUT2D eigenvalue weighted by Crippen LogP contribution is -2.24. The van der Waals surface area contributed by atoms with Gasteiger partial charge < -0.3 is 5.32 Å². The molecule has 0 bridgehead atoms. The quantitative estimate of drug-likeness (QED) is 0.597. The van der Waals surface area contributed by atoms with Crippen LogP contribution in [0.4, 0.5) is 0 Å². The van der Waals surface area contributed by atoms with Crippen LogP contribution < -0.4 is 5.32 Å². The van der Waals surface area contributed by atoms with Gasteiger partial charge in [0.25, 0.3) is 0 Å². The molecular formula is C12H25N. The fourth-order valence-corrected chi connectivity index (χ4v) is 1.26. The van der Waals surface area contributed by atoms with E-state index in [4.69, 9.17) is 0 Å². The second-order valence-corrected chi connectivity index (χ2v) is 4.50. The lowest BCUT2D eigenvalue weighted by Gasteiger charge is -2.13. The predicted octanol–water partition coefficient (Wildman–Crippen LogP) is 3.37. The van der Waals surface area contributed by atoms with Crippen LogP contribution in [0.5, 0.6) is 0 Å². The summed E-state index contributed by atoms with van der Waals surface area (Å²) in [4.78, 5) is 0. The molecule has 0 aliphatic heterocycles. The second kappa shape index (κ2) is 7.14. The summed E-state index contributed by atoms with van der Waals surface area (Å²) >= 11 is 0. The maximum absolute atomic E-state index is 3.92. The first kappa shape index (κ1) is 12.7. The molecule has 1 N–H and O–H groups in total. The summed E-state index contributed by atoms with van der Waals surface area (Å²) in [6.07, 6.45) is 3.75. The van der Waals surface area contributed by atoms with Crippen LogP contribution in [-0.4, -0.2) is 12.6 Å². The van der Waals surface area contributed by atoms with Crippen LogP contribution in [0.25, 0.3) is 0 Å². The van der Waals surface area contributed by atoms with Crippen LogP contribution in [0.15, 0.2) is 12.2 Å². The molecule has 0 spiro atoms. The lowest BCUT2D eigenvalue weighted by molar-refractivity contribution is 0.453. The van der Waals surface area contributed by atoms with Crippen LogP contribution in [0.3, 0.4) is 0 Å². The smallest absolute Gasteiger partial charge is 0.00103 e. The SMILES string of the molecule is C=C(C)CCC(C)CCNC(C)C. The monoisotopic (exact) mass is 183 g/mol. The molecule has 0 saturated heterocycles. The van der Waals surface area contributed by atoms with Crippen molar-refractivity contribution < 1.29 is 0 Å². The predicted molar refractivity (Wildman–Crippen MR) is 61.0 cm³/mol. The second-order valence-electron chi connectivity index (χ2n) is 4.50. The summed E-state index contributed by atoms with van der Waals surface area (Å²) in [5.74, 6) is 0.822. The summed E-state index contributed by atoms with van der Waals surface area (Å²) in [7, 11) is 0. The van der Waals surface area contributed by atoms with Gasteiger partial charge in [-0.1, -0.05) is 26.3 Å². The van der Waals surface area contributed by atoms with Gasteiger partial charge >= 0.3 is 0 Å². The average Bonchev–Trinajstić information content (AvgIpc) is 2.00. The fourth-order valence-electron chi connectivity index (χ4n) is 1.26.